The fourth-order valence-electron chi connectivity index (χ4n) is 4.29. The van der Waals surface area contributed by atoms with E-state index in [0.29, 0.717) is 56.5 Å². The van der Waals surface area contributed by atoms with Crippen LogP contribution in [0.2, 0.25) is 0 Å². The number of piperidine rings is 1. The Morgan fingerprint density at radius 1 is 0.862 bits per heavy atom. The van der Waals surface area contributed by atoms with Gasteiger partial charge in [0.15, 0.2) is 0 Å². The molecule has 3 aliphatic heterocycles. The van der Waals surface area contributed by atoms with Crippen LogP contribution in [-0.4, -0.2) is 90.2 Å². The molecule has 0 aromatic carbocycles. The monoisotopic (exact) mass is 422 g/mol. The van der Waals surface area contributed by atoms with Gasteiger partial charge < -0.3 is 9.80 Å². The maximum absolute atomic E-state index is 13.0. The lowest BCUT2D eigenvalue weighted by atomic mass is 10.1. The molecule has 0 bridgehead atoms. The molecule has 3 saturated heterocycles. The first-order chi connectivity index (χ1) is 14.0. The van der Waals surface area contributed by atoms with E-state index in [4.69, 9.17) is 0 Å². The van der Waals surface area contributed by atoms with Crippen molar-refractivity contribution in [3.05, 3.63) is 17.5 Å². The fourth-order valence-corrected chi connectivity index (χ4v) is 5.96. The van der Waals surface area contributed by atoms with Gasteiger partial charge in [0.1, 0.15) is 0 Å². The van der Waals surface area contributed by atoms with E-state index in [1.165, 1.54) is 10.7 Å². The number of hydrogen-bond donors (Lipinski definition) is 0. The van der Waals surface area contributed by atoms with E-state index in [1.807, 2.05) is 6.92 Å². The van der Waals surface area contributed by atoms with E-state index in [9.17, 15) is 13.2 Å². The van der Waals surface area contributed by atoms with Gasteiger partial charge in [-0.3, -0.25) is 4.79 Å². The normalized spacial score (nSPS) is 22.2. The second-order valence-electron chi connectivity index (χ2n) is 8.02. The quantitative estimate of drug-likeness (QED) is 0.715. The number of carbonyl (C=O) groups is 1. The fraction of sp³-hybridized carbons (Fsp3) is 0.737. The number of carbonyl (C=O) groups excluding carboxylic acids is 1. The Labute approximate surface area is 172 Å². The minimum absolute atomic E-state index is 0.120. The maximum Gasteiger partial charge on any atom is 0.282 e. The van der Waals surface area contributed by atoms with E-state index in [-0.39, 0.29) is 5.91 Å². The van der Waals surface area contributed by atoms with Crippen molar-refractivity contribution in [2.45, 2.75) is 39.0 Å². The van der Waals surface area contributed by atoms with Crippen LogP contribution < -0.4 is 4.90 Å². The van der Waals surface area contributed by atoms with Crippen LogP contribution in [0.25, 0.3) is 0 Å². The first-order valence-electron chi connectivity index (χ1n) is 10.6. The zero-order valence-corrected chi connectivity index (χ0v) is 17.9. The molecule has 160 valence electrons. The summed E-state index contributed by atoms with van der Waals surface area (Å²) in [6.07, 6.45) is 7.00. The van der Waals surface area contributed by atoms with Gasteiger partial charge in [0.2, 0.25) is 5.95 Å². The van der Waals surface area contributed by atoms with Gasteiger partial charge >= 0.3 is 0 Å². The average Bonchev–Trinajstić information content (AvgIpc) is 3.30. The highest BCUT2D eigenvalue weighted by Gasteiger charge is 2.35. The van der Waals surface area contributed by atoms with E-state index in [1.54, 1.807) is 15.4 Å². The molecule has 0 N–H and O–H groups in total. The Balaban J connectivity index is 1.39. The molecule has 4 heterocycles. The van der Waals surface area contributed by atoms with Crippen molar-refractivity contribution in [1.82, 2.24) is 23.5 Å². The van der Waals surface area contributed by atoms with Crippen molar-refractivity contribution < 1.29 is 13.2 Å². The van der Waals surface area contributed by atoms with Crippen molar-refractivity contribution in [2.24, 2.45) is 0 Å². The van der Waals surface area contributed by atoms with Gasteiger partial charge in [0.25, 0.3) is 16.1 Å². The highest BCUT2D eigenvalue weighted by molar-refractivity contribution is 7.86. The predicted octanol–water partition coefficient (Wildman–Crippen LogP) is 0.874. The lowest BCUT2D eigenvalue weighted by Crippen LogP contribution is -2.53. The first kappa shape index (κ1) is 20.5. The molecule has 4 rings (SSSR count). The van der Waals surface area contributed by atoms with Gasteiger partial charge in [-0.15, -0.1) is 0 Å². The molecule has 0 saturated carbocycles. The van der Waals surface area contributed by atoms with Gasteiger partial charge in [0, 0.05) is 58.6 Å². The molecular formula is C19H30N6O3S. The molecule has 0 atom stereocenters. The maximum atomic E-state index is 13.0. The van der Waals surface area contributed by atoms with Gasteiger partial charge in [-0.1, -0.05) is 0 Å². The van der Waals surface area contributed by atoms with Crippen LogP contribution in [0.15, 0.2) is 6.20 Å². The summed E-state index contributed by atoms with van der Waals surface area (Å²) in [5.41, 5.74) is 1.18. The first-order valence-corrected chi connectivity index (χ1v) is 12.0. The summed E-state index contributed by atoms with van der Waals surface area (Å²) in [6.45, 7) is 6.39. The van der Waals surface area contributed by atoms with Crippen molar-refractivity contribution in [3.63, 3.8) is 0 Å². The molecule has 10 heteroatoms. The van der Waals surface area contributed by atoms with E-state index in [2.05, 4.69) is 14.9 Å². The molecule has 0 unspecified atom stereocenters. The number of amides is 1. The highest BCUT2D eigenvalue weighted by atomic mass is 32.2. The molecule has 1 amide bonds. The lowest BCUT2D eigenvalue weighted by Gasteiger charge is -2.36. The molecule has 3 fully saturated rings. The third-order valence-electron chi connectivity index (χ3n) is 6.08. The van der Waals surface area contributed by atoms with E-state index >= 15 is 0 Å². The third-order valence-corrected chi connectivity index (χ3v) is 8.11. The van der Waals surface area contributed by atoms with Gasteiger partial charge in [-0.05, 0) is 39.0 Å². The van der Waals surface area contributed by atoms with E-state index in [0.717, 1.165) is 38.8 Å². The molecule has 3 aliphatic rings. The summed E-state index contributed by atoms with van der Waals surface area (Å²) in [4.78, 5) is 25.9. The number of rotatable bonds is 4. The zero-order valence-electron chi connectivity index (χ0n) is 17.1. The summed E-state index contributed by atoms with van der Waals surface area (Å²) in [7, 11) is -3.40. The topological polar surface area (TPSA) is 90.0 Å². The summed E-state index contributed by atoms with van der Waals surface area (Å²) >= 11 is 0. The number of hydrogen-bond acceptors (Lipinski definition) is 6. The Kier molecular flexibility index (Phi) is 6.03. The van der Waals surface area contributed by atoms with Crippen LogP contribution in [0, 0.1) is 6.92 Å². The van der Waals surface area contributed by atoms with Gasteiger partial charge in [-0.25, -0.2) is 9.97 Å². The SMILES string of the molecule is Cc1nc(N2CCCCC2)ncc1C(=O)N1CCN(S(=O)(=O)N2CCCC2)CC1. The second-order valence-corrected chi connectivity index (χ2v) is 9.95. The summed E-state index contributed by atoms with van der Waals surface area (Å²) in [6, 6.07) is 0. The van der Waals surface area contributed by atoms with Crippen LogP contribution >= 0.6 is 0 Å². The van der Waals surface area contributed by atoms with Gasteiger partial charge in [-0.2, -0.15) is 17.0 Å². The standard InChI is InChI=1S/C19H30N6O3S/c1-16-17(15-20-19(21-16)23-7-3-2-4-8-23)18(26)22-11-13-25(14-12-22)29(27,28)24-9-5-6-10-24/h15H,2-14H2,1H3. The van der Waals surface area contributed by atoms with Crippen LogP contribution in [0.4, 0.5) is 5.95 Å². The Hall–Kier alpha value is -1.78. The number of aromatic nitrogens is 2. The van der Waals surface area contributed by atoms with Crippen LogP contribution in [0.5, 0.6) is 0 Å². The molecule has 0 spiro atoms. The largest absolute Gasteiger partial charge is 0.341 e. The zero-order chi connectivity index (χ0) is 20.4. The van der Waals surface area contributed by atoms with Crippen molar-refractivity contribution in [1.29, 1.82) is 0 Å². The number of piperazine rings is 1. The summed E-state index contributed by atoms with van der Waals surface area (Å²) < 4.78 is 28.5. The molecule has 1 aromatic rings. The van der Waals surface area contributed by atoms with Gasteiger partial charge in [0.05, 0.1) is 11.3 Å². The second kappa shape index (κ2) is 8.53. The number of anilines is 1. The van der Waals surface area contributed by atoms with Crippen molar-refractivity contribution in [2.75, 3.05) is 57.3 Å². The summed E-state index contributed by atoms with van der Waals surface area (Å²) in [5.74, 6) is 0.575. The molecule has 0 radical (unpaired) electrons. The number of nitrogens with zero attached hydrogens (tertiary/aromatic N) is 6. The van der Waals surface area contributed by atoms with E-state index < -0.39 is 10.2 Å². The Morgan fingerprint density at radius 3 is 2.07 bits per heavy atom. The Bertz CT molecular complexity index is 842. The minimum atomic E-state index is -3.40. The number of aryl methyl sites for hydroxylation is 1. The molecular weight excluding hydrogens is 392 g/mol. The van der Waals surface area contributed by atoms with Crippen LogP contribution in [0.1, 0.15) is 48.2 Å². The lowest BCUT2D eigenvalue weighted by molar-refractivity contribution is 0.0693. The molecule has 29 heavy (non-hydrogen) atoms. The predicted molar refractivity (Wildman–Crippen MR) is 110 cm³/mol. The van der Waals surface area contributed by atoms with Crippen LogP contribution in [0.3, 0.4) is 0 Å². The Morgan fingerprint density at radius 2 is 1.45 bits per heavy atom. The van der Waals surface area contributed by atoms with Crippen molar-refractivity contribution in [3.8, 4) is 0 Å². The smallest absolute Gasteiger partial charge is 0.282 e. The van der Waals surface area contributed by atoms with Crippen molar-refractivity contribution >= 4 is 22.1 Å². The average molecular weight is 423 g/mol. The molecule has 1 aromatic heterocycles. The third kappa shape index (κ3) is 4.24. The molecule has 9 nitrogen and oxygen atoms in total. The minimum Gasteiger partial charge on any atom is -0.341 e. The molecule has 0 aliphatic carbocycles. The van der Waals surface area contributed by atoms with Crippen LogP contribution in [-0.2, 0) is 10.2 Å². The summed E-state index contributed by atoms with van der Waals surface area (Å²) in [5, 5.41) is 0. The highest BCUT2D eigenvalue weighted by Crippen LogP contribution is 2.20.